The van der Waals surface area contributed by atoms with Crippen LogP contribution in [0.5, 0.6) is 0 Å². The number of sulfone groups is 1. The quantitative estimate of drug-likeness (QED) is 0.830. The minimum Gasteiger partial charge on any atom is -0.338 e. The summed E-state index contributed by atoms with van der Waals surface area (Å²) in [4.78, 5) is 8.54. The largest absolute Gasteiger partial charge is 0.338 e. The van der Waals surface area contributed by atoms with Gasteiger partial charge in [0.2, 0.25) is 5.89 Å². The fourth-order valence-corrected chi connectivity index (χ4v) is 5.02. The molecule has 2 heterocycles. The Bertz CT molecular complexity index is 745. The average Bonchev–Trinajstić information content (AvgIpc) is 3.17. The second-order valence-electron chi connectivity index (χ2n) is 5.79. The van der Waals surface area contributed by atoms with Gasteiger partial charge in [0, 0.05) is 11.3 Å². The molecule has 0 amide bonds. The summed E-state index contributed by atoms with van der Waals surface area (Å²) in [5.41, 5.74) is 0.620. The van der Waals surface area contributed by atoms with Crippen LogP contribution in [0, 0.1) is 6.92 Å². The van der Waals surface area contributed by atoms with Crippen molar-refractivity contribution in [2.75, 3.05) is 0 Å². The highest BCUT2D eigenvalue weighted by atomic mass is 32.2. The average molecular weight is 341 g/mol. The van der Waals surface area contributed by atoms with Crippen LogP contribution in [0.15, 0.2) is 9.90 Å². The normalized spacial score (nSPS) is 17.9. The molecule has 2 aromatic heterocycles. The van der Waals surface area contributed by atoms with Gasteiger partial charge in [0.1, 0.15) is 5.25 Å². The summed E-state index contributed by atoms with van der Waals surface area (Å²) in [6.07, 6.45) is 4.81. The Balaban J connectivity index is 1.73. The minimum atomic E-state index is -3.42. The maximum Gasteiger partial charge on any atom is 0.244 e. The third-order valence-electron chi connectivity index (χ3n) is 4.05. The highest BCUT2D eigenvalue weighted by molar-refractivity contribution is 7.90. The van der Waals surface area contributed by atoms with E-state index in [4.69, 9.17) is 4.52 Å². The van der Waals surface area contributed by atoms with Gasteiger partial charge in [0.05, 0.1) is 16.5 Å². The second kappa shape index (κ2) is 6.08. The Morgan fingerprint density at radius 1 is 1.36 bits per heavy atom. The summed E-state index contributed by atoms with van der Waals surface area (Å²) >= 11 is 1.57. The van der Waals surface area contributed by atoms with E-state index in [2.05, 4.69) is 15.1 Å². The molecule has 1 saturated carbocycles. The maximum atomic E-state index is 12.5. The van der Waals surface area contributed by atoms with Crippen molar-refractivity contribution in [1.29, 1.82) is 0 Å². The Morgan fingerprint density at radius 3 is 2.73 bits per heavy atom. The molecule has 120 valence electrons. The third-order valence-corrected chi connectivity index (χ3v) is 7.09. The van der Waals surface area contributed by atoms with Crippen molar-refractivity contribution in [2.45, 2.75) is 56.5 Å². The molecule has 0 aliphatic heterocycles. The van der Waals surface area contributed by atoms with E-state index in [-0.39, 0.29) is 11.6 Å². The van der Waals surface area contributed by atoms with E-state index in [0.717, 1.165) is 17.8 Å². The van der Waals surface area contributed by atoms with Crippen LogP contribution in [0.1, 0.15) is 66.2 Å². The first kappa shape index (κ1) is 15.6. The Labute approximate surface area is 133 Å². The standard InChI is InChI=1S/C14H19N3O3S2/c1-9(13-15-10(2)17-20-13)22(18,19)8-12-7-21-14(16-12)11-5-3-4-6-11/h7,9,11H,3-6,8H2,1-2H3. The van der Waals surface area contributed by atoms with Crippen LogP contribution < -0.4 is 0 Å². The third kappa shape index (κ3) is 3.22. The fourth-order valence-electron chi connectivity index (χ4n) is 2.71. The van der Waals surface area contributed by atoms with Crippen LogP contribution >= 0.6 is 11.3 Å². The topological polar surface area (TPSA) is 86.0 Å². The number of rotatable bonds is 5. The summed E-state index contributed by atoms with van der Waals surface area (Å²) in [5, 5.41) is 5.77. The number of aromatic nitrogens is 3. The first-order valence-electron chi connectivity index (χ1n) is 7.42. The maximum absolute atomic E-state index is 12.5. The lowest BCUT2D eigenvalue weighted by molar-refractivity contribution is 0.373. The van der Waals surface area contributed by atoms with E-state index in [0.29, 0.717) is 17.4 Å². The van der Waals surface area contributed by atoms with Crippen molar-refractivity contribution in [3.63, 3.8) is 0 Å². The molecule has 0 radical (unpaired) electrons. The van der Waals surface area contributed by atoms with Gasteiger partial charge in [-0.05, 0) is 26.7 Å². The molecule has 1 aliphatic rings. The molecule has 1 unspecified atom stereocenters. The SMILES string of the molecule is Cc1noc(C(C)S(=O)(=O)Cc2csc(C3CCCC3)n2)n1. The Kier molecular flexibility index (Phi) is 4.31. The zero-order valence-electron chi connectivity index (χ0n) is 12.7. The number of hydrogen-bond acceptors (Lipinski definition) is 7. The molecular formula is C14H19N3O3S2. The molecule has 0 N–H and O–H groups in total. The zero-order valence-corrected chi connectivity index (χ0v) is 14.3. The van der Waals surface area contributed by atoms with Gasteiger partial charge in [0.15, 0.2) is 15.7 Å². The van der Waals surface area contributed by atoms with E-state index in [1.165, 1.54) is 12.8 Å². The molecule has 22 heavy (non-hydrogen) atoms. The van der Waals surface area contributed by atoms with Gasteiger partial charge >= 0.3 is 0 Å². The van der Waals surface area contributed by atoms with Crippen LogP contribution in [0.4, 0.5) is 0 Å². The molecule has 0 aromatic carbocycles. The number of thiazole rings is 1. The first-order chi connectivity index (χ1) is 10.5. The molecule has 1 atom stereocenters. The van der Waals surface area contributed by atoms with Gasteiger partial charge in [-0.25, -0.2) is 13.4 Å². The first-order valence-corrected chi connectivity index (χ1v) is 10.0. The van der Waals surface area contributed by atoms with Crippen LogP contribution in [0.3, 0.4) is 0 Å². The van der Waals surface area contributed by atoms with Crippen LogP contribution in [-0.4, -0.2) is 23.5 Å². The van der Waals surface area contributed by atoms with Gasteiger partial charge in [0.25, 0.3) is 0 Å². The van der Waals surface area contributed by atoms with Crippen LogP contribution in [-0.2, 0) is 15.6 Å². The zero-order chi connectivity index (χ0) is 15.7. The van der Waals surface area contributed by atoms with E-state index in [1.807, 2.05) is 5.38 Å². The van der Waals surface area contributed by atoms with Gasteiger partial charge in [-0.2, -0.15) is 4.98 Å². The van der Waals surface area contributed by atoms with Gasteiger partial charge in [-0.15, -0.1) is 11.3 Å². The summed E-state index contributed by atoms with van der Waals surface area (Å²) in [7, 11) is -3.42. The lowest BCUT2D eigenvalue weighted by atomic mass is 10.1. The van der Waals surface area contributed by atoms with Gasteiger partial charge < -0.3 is 4.52 Å². The van der Waals surface area contributed by atoms with Crippen molar-refractivity contribution < 1.29 is 12.9 Å². The van der Waals surface area contributed by atoms with Crippen LogP contribution in [0.2, 0.25) is 0 Å². The number of hydrogen-bond donors (Lipinski definition) is 0. The number of nitrogens with zero attached hydrogens (tertiary/aromatic N) is 3. The molecule has 0 spiro atoms. The van der Waals surface area contributed by atoms with Gasteiger partial charge in [-0.1, -0.05) is 18.0 Å². The minimum absolute atomic E-state index is 0.0845. The lowest BCUT2D eigenvalue weighted by Crippen LogP contribution is -2.13. The molecule has 8 heteroatoms. The molecular weight excluding hydrogens is 322 g/mol. The molecule has 6 nitrogen and oxygen atoms in total. The fraction of sp³-hybridized carbons (Fsp3) is 0.643. The van der Waals surface area contributed by atoms with E-state index in [9.17, 15) is 8.42 Å². The smallest absolute Gasteiger partial charge is 0.244 e. The van der Waals surface area contributed by atoms with Crippen molar-refractivity contribution >= 4 is 21.2 Å². The summed E-state index contributed by atoms with van der Waals surface area (Å²) in [6.45, 7) is 3.24. The molecule has 1 fully saturated rings. The molecule has 1 aliphatic carbocycles. The molecule has 3 rings (SSSR count). The molecule has 0 saturated heterocycles. The lowest BCUT2D eigenvalue weighted by Gasteiger charge is -2.07. The van der Waals surface area contributed by atoms with E-state index >= 15 is 0 Å². The predicted octanol–water partition coefficient (Wildman–Crippen LogP) is 3.17. The van der Waals surface area contributed by atoms with Crippen molar-refractivity contribution in [2.24, 2.45) is 0 Å². The second-order valence-corrected chi connectivity index (χ2v) is 9.00. The van der Waals surface area contributed by atoms with E-state index in [1.54, 1.807) is 25.2 Å². The van der Waals surface area contributed by atoms with E-state index < -0.39 is 15.1 Å². The van der Waals surface area contributed by atoms with Crippen molar-refractivity contribution in [3.05, 3.63) is 27.8 Å². The molecule has 0 bridgehead atoms. The Hall–Kier alpha value is -1.28. The highest BCUT2D eigenvalue weighted by Crippen LogP contribution is 2.36. The summed E-state index contributed by atoms with van der Waals surface area (Å²) < 4.78 is 29.9. The van der Waals surface area contributed by atoms with Crippen LogP contribution in [0.25, 0.3) is 0 Å². The summed E-state index contributed by atoms with van der Waals surface area (Å²) in [5.74, 6) is 1.01. The van der Waals surface area contributed by atoms with Crippen molar-refractivity contribution in [1.82, 2.24) is 15.1 Å². The highest BCUT2D eigenvalue weighted by Gasteiger charge is 2.29. The predicted molar refractivity (Wildman–Crippen MR) is 83.4 cm³/mol. The monoisotopic (exact) mass is 341 g/mol. The van der Waals surface area contributed by atoms with Crippen molar-refractivity contribution in [3.8, 4) is 0 Å². The Morgan fingerprint density at radius 2 is 2.09 bits per heavy atom. The summed E-state index contributed by atoms with van der Waals surface area (Å²) in [6, 6.07) is 0. The number of aryl methyl sites for hydroxylation is 1. The van der Waals surface area contributed by atoms with Gasteiger partial charge in [-0.3, -0.25) is 0 Å². The molecule has 2 aromatic rings.